The van der Waals surface area contributed by atoms with Crippen molar-refractivity contribution in [2.45, 2.75) is 66.2 Å². The van der Waals surface area contributed by atoms with E-state index in [0.717, 1.165) is 38.8 Å². The molecule has 0 bridgehead atoms. The quantitative estimate of drug-likeness (QED) is 0.345. The smallest absolute Gasteiger partial charge is 0.0164 e. The molecule has 0 heterocycles. The van der Waals surface area contributed by atoms with Crippen LogP contribution in [-0.4, -0.2) is 13.1 Å². The third kappa shape index (κ3) is 15.1. The SMILES string of the molecule is C=C(C)CCCC=C(C)CNCC(C)=CCCCC(=C)C. The molecule has 0 unspecified atom stereocenters. The molecule has 0 atom stereocenters. The van der Waals surface area contributed by atoms with Crippen LogP contribution in [0.3, 0.4) is 0 Å². The summed E-state index contributed by atoms with van der Waals surface area (Å²) in [6, 6.07) is 0. The molecule has 0 aliphatic rings. The van der Waals surface area contributed by atoms with Crippen LogP contribution < -0.4 is 5.32 Å². The molecule has 120 valence electrons. The zero-order valence-electron chi connectivity index (χ0n) is 14.7. The van der Waals surface area contributed by atoms with E-state index in [1.165, 1.54) is 35.1 Å². The third-order valence-electron chi connectivity index (χ3n) is 3.41. The molecule has 0 saturated heterocycles. The molecule has 0 aliphatic heterocycles. The summed E-state index contributed by atoms with van der Waals surface area (Å²) in [5.41, 5.74) is 5.44. The summed E-state index contributed by atoms with van der Waals surface area (Å²) in [5.74, 6) is 0. The second-order valence-corrected chi connectivity index (χ2v) is 6.40. The van der Waals surface area contributed by atoms with E-state index in [1.54, 1.807) is 0 Å². The van der Waals surface area contributed by atoms with Crippen molar-refractivity contribution in [3.05, 3.63) is 47.6 Å². The van der Waals surface area contributed by atoms with Crippen molar-refractivity contribution in [1.82, 2.24) is 5.32 Å². The van der Waals surface area contributed by atoms with Gasteiger partial charge in [0, 0.05) is 13.1 Å². The molecular weight excluding hydrogens is 254 g/mol. The van der Waals surface area contributed by atoms with Gasteiger partial charge in [0.1, 0.15) is 0 Å². The van der Waals surface area contributed by atoms with Crippen molar-refractivity contribution in [3.63, 3.8) is 0 Å². The molecule has 0 spiro atoms. The highest BCUT2D eigenvalue weighted by Gasteiger charge is 1.93. The summed E-state index contributed by atoms with van der Waals surface area (Å²) in [4.78, 5) is 0. The van der Waals surface area contributed by atoms with Gasteiger partial charge >= 0.3 is 0 Å². The maximum absolute atomic E-state index is 3.94. The molecule has 0 rings (SSSR count). The number of hydrogen-bond donors (Lipinski definition) is 1. The average molecular weight is 290 g/mol. The summed E-state index contributed by atoms with van der Waals surface area (Å²) in [6.07, 6.45) is 11.7. The van der Waals surface area contributed by atoms with Crippen molar-refractivity contribution in [2.75, 3.05) is 13.1 Å². The Hall–Kier alpha value is -1.08. The maximum Gasteiger partial charge on any atom is 0.0164 e. The van der Waals surface area contributed by atoms with Gasteiger partial charge in [-0.1, -0.05) is 34.4 Å². The Labute approximate surface area is 132 Å². The van der Waals surface area contributed by atoms with E-state index in [-0.39, 0.29) is 0 Å². The molecule has 1 N–H and O–H groups in total. The predicted octanol–water partition coefficient (Wildman–Crippen LogP) is 5.96. The number of unbranched alkanes of at least 4 members (excludes halogenated alkanes) is 2. The normalized spacial score (nSPS) is 12.6. The fraction of sp³-hybridized carbons (Fsp3) is 0.600. The lowest BCUT2D eigenvalue weighted by Crippen LogP contribution is -2.18. The van der Waals surface area contributed by atoms with Crippen molar-refractivity contribution in [1.29, 1.82) is 0 Å². The minimum absolute atomic E-state index is 0.990. The monoisotopic (exact) mass is 289 g/mol. The minimum Gasteiger partial charge on any atom is -0.309 e. The van der Waals surface area contributed by atoms with Crippen LogP contribution >= 0.6 is 0 Å². The first-order valence-electron chi connectivity index (χ1n) is 8.22. The van der Waals surface area contributed by atoms with Crippen molar-refractivity contribution >= 4 is 0 Å². The maximum atomic E-state index is 3.94. The first-order chi connectivity index (χ1) is 9.91. The third-order valence-corrected chi connectivity index (χ3v) is 3.41. The Morgan fingerprint density at radius 1 is 0.762 bits per heavy atom. The minimum atomic E-state index is 0.990. The van der Waals surface area contributed by atoms with Gasteiger partial charge in [-0.2, -0.15) is 0 Å². The van der Waals surface area contributed by atoms with E-state index in [0.29, 0.717) is 0 Å². The molecule has 0 aromatic rings. The van der Waals surface area contributed by atoms with Crippen LogP contribution in [0, 0.1) is 0 Å². The lowest BCUT2D eigenvalue weighted by molar-refractivity contribution is 0.766. The summed E-state index contributed by atoms with van der Waals surface area (Å²) >= 11 is 0. The van der Waals surface area contributed by atoms with E-state index in [2.05, 4.69) is 58.3 Å². The molecule has 0 aromatic carbocycles. The number of nitrogens with one attached hydrogen (secondary N) is 1. The van der Waals surface area contributed by atoms with E-state index < -0.39 is 0 Å². The van der Waals surface area contributed by atoms with Crippen LogP contribution in [-0.2, 0) is 0 Å². The van der Waals surface area contributed by atoms with Crippen molar-refractivity contribution in [2.24, 2.45) is 0 Å². The van der Waals surface area contributed by atoms with Gasteiger partial charge in [-0.3, -0.25) is 0 Å². The van der Waals surface area contributed by atoms with Gasteiger partial charge in [0.05, 0.1) is 0 Å². The summed E-state index contributed by atoms with van der Waals surface area (Å²) in [7, 11) is 0. The molecule has 0 fully saturated rings. The summed E-state index contributed by atoms with van der Waals surface area (Å²) in [5, 5.41) is 3.51. The van der Waals surface area contributed by atoms with E-state index in [9.17, 15) is 0 Å². The van der Waals surface area contributed by atoms with Gasteiger partial charge in [0.25, 0.3) is 0 Å². The Bertz CT molecular complexity index is 335. The summed E-state index contributed by atoms with van der Waals surface area (Å²) in [6.45, 7) is 18.5. The van der Waals surface area contributed by atoms with E-state index >= 15 is 0 Å². The van der Waals surface area contributed by atoms with Gasteiger partial charge in [0.15, 0.2) is 0 Å². The Morgan fingerprint density at radius 3 is 1.48 bits per heavy atom. The van der Waals surface area contributed by atoms with Crippen LogP contribution in [0.25, 0.3) is 0 Å². The average Bonchev–Trinajstić information content (AvgIpc) is 2.39. The molecule has 1 nitrogen and oxygen atoms in total. The first kappa shape index (κ1) is 19.9. The van der Waals surface area contributed by atoms with Crippen LogP contribution in [0.5, 0.6) is 0 Å². The van der Waals surface area contributed by atoms with Gasteiger partial charge in [-0.15, -0.1) is 13.2 Å². The van der Waals surface area contributed by atoms with Crippen LogP contribution in [0.2, 0.25) is 0 Å². The molecular formula is C20H35N. The second-order valence-electron chi connectivity index (χ2n) is 6.40. The number of hydrogen-bond acceptors (Lipinski definition) is 1. The van der Waals surface area contributed by atoms with E-state index in [1.807, 2.05) is 0 Å². The zero-order valence-corrected chi connectivity index (χ0v) is 14.7. The van der Waals surface area contributed by atoms with Gasteiger partial charge < -0.3 is 5.32 Å². The lowest BCUT2D eigenvalue weighted by Gasteiger charge is -2.06. The van der Waals surface area contributed by atoms with Crippen molar-refractivity contribution < 1.29 is 0 Å². The highest BCUT2D eigenvalue weighted by atomic mass is 14.8. The fourth-order valence-corrected chi connectivity index (χ4v) is 2.11. The van der Waals surface area contributed by atoms with E-state index in [4.69, 9.17) is 0 Å². The van der Waals surface area contributed by atoms with Crippen LogP contribution in [0.1, 0.15) is 66.2 Å². The first-order valence-corrected chi connectivity index (χ1v) is 8.22. The molecule has 0 aliphatic carbocycles. The highest BCUT2D eigenvalue weighted by molar-refractivity contribution is 5.05. The highest BCUT2D eigenvalue weighted by Crippen LogP contribution is 2.07. The molecule has 0 aromatic heterocycles. The largest absolute Gasteiger partial charge is 0.309 e. The summed E-state index contributed by atoms with van der Waals surface area (Å²) < 4.78 is 0. The van der Waals surface area contributed by atoms with Crippen LogP contribution in [0.4, 0.5) is 0 Å². The number of rotatable bonds is 12. The molecule has 0 amide bonds. The molecule has 1 heteroatoms. The Balaban J connectivity index is 3.71. The van der Waals surface area contributed by atoms with Gasteiger partial charge in [-0.05, 0) is 66.2 Å². The van der Waals surface area contributed by atoms with Gasteiger partial charge in [0.2, 0.25) is 0 Å². The topological polar surface area (TPSA) is 12.0 Å². The van der Waals surface area contributed by atoms with Crippen LogP contribution in [0.15, 0.2) is 47.6 Å². The second kappa shape index (κ2) is 12.6. The predicted molar refractivity (Wildman–Crippen MR) is 97.7 cm³/mol. The Kier molecular flexibility index (Phi) is 12.0. The lowest BCUT2D eigenvalue weighted by atomic mass is 10.1. The standard InChI is InChI=1S/C20H35N/c1-17(2)11-7-9-13-19(5)15-21-16-20(6)14-10-8-12-18(3)4/h13-14,21H,1,3,7-12,15-16H2,2,4-6H3. The molecule has 0 saturated carbocycles. The number of allylic oxidation sites excluding steroid dienone is 4. The molecule has 0 radical (unpaired) electrons. The molecule has 21 heavy (non-hydrogen) atoms. The van der Waals surface area contributed by atoms with Crippen molar-refractivity contribution in [3.8, 4) is 0 Å². The fourth-order valence-electron chi connectivity index (χ4n) is 2.11. The zero-order chi connectivity index (χ0) is 16.1. The van der Waals surface area contributed by atoms with Gasteiger partial charge in [-0.25, -0.2) is 0 Å². The Morgan fingerprint density at radius 2 is 1.14 bits per heavy atom.